The molecule has 0 unspecified atom stereocenters. The van der Waals surface area contributed by atoms with Gasteiger partial charge in [0.25, 0.3) is 0 Å². The summed E-state index contributed by atoms with van der Waals surface area (Å²) >= 11 is 0. The van der Waals surface area contributed by atoms with Crippen molar-refractivity contribution >= 4 is 27.6 Å². The maximum absolute atomic E-state index is 13.6. The quantitative estimate of drug-likeness (QED) is 0.602. The Bertz CT molecular complexity index is 1170. The first-order valence-electron chi connectivity index (χ1n) is 12.4. The Morgan fingerprint density at radius 3 is 2.43 bits per heavy atom. The molecule has 0 radical (unpaired) electrons. The molecule has 2 aliphatic carbocycles. The number of nitrogens with one attached hydrogen (secondary N) is 2. The number of hydrogen-bond acceptors (Lipinski definition) is 6. The standard InChI is InChI=1S/C24H34N6O4S/c1-28-11-9-19(10-12-28)30(20-14-25-29(15-20)16-34-2)35(32,33)27-24(31)26-23-21-7-3-5-17(21)13-18-6-4-8-22(18)23/h13-15,19H,3-12,16H2,1-2H3,(H2,26,27,31). The van der Waals surface area contributed by atoms with Crippen LogP contribution in [0.1, 0.15) is 47.9 Å². The number of rotatable bonds is 7. The summed E-state index contributed by atoms with van der Waals surface area (Å²) in [4.78, 5) is 15.3. The van der Waals surface area contributed by atoms with Crippen LogP contribution in [-0.4, -0.2) is 62.4 Å². The monoisotopic (exact) mass is 502 g/mol. The number of fused-ring (bicyclic) bond motifs is 2. The highest BCUT2D eigenvalue weighted by molar-refractivity contribution is 7.91. The molecular formula is C24H34N6O4S. The molecule has 0 atom stereocenters. The second kappa shape index (κ2) is 9.79. The number of hydrogen-bond donors (Lipinski definition) is 2. The highest BCUT2D eigenvalue weighted by Crippen LogP contribution is 2.38. The third-order valence-corrected chi connectivity index (χ3v) is 8.82. The smallest absolute Gasteiger partial charge is 0.334 e. The minimum atomic E-state index is -4.18. The molecular weight excluding hydrogens is 468 g/mol. The molecule has 0 spiro atoms. The Labute approximate surface area is 206 Å². The molecule has 1 aliphatic heterocycles. The van der Waals surface area contributed by atoms with Crippen LogP contribution in [0, 0.1) is 0 Å². The van der Waals surface area contributed by atoms with Gasteiger partial charge in [-0.25, -0.2) is 18.5 Å². The summed E-state index contributed by atoms with van der Waals surface area (Å²) in [5.41, 5.74) is 6.11. The third-order valence-electron chi connectivity index (χ3n) is 7.35. The lowest BCUT2D eigenvalue weighted by atomic mass is 9.99. The van der Waals surface area contributed by atoms with Crippen LogP contribution < -0.4 is 14.3 Å². The van der Waals surface area contributed by atoms with Gasteiger partial charge in [-0.2, -0.15) is 13.5 Å². The average Bonchev–Trinajstić information content (AvgIpc) is 3.56. The molecule has 1 saturated heterocycles. The lowest BCUT2D eigenvalue weighted by molar-refractivity contribution is 0.120. The maximum atomic E-state index is 13.6. The molecule has 190 valence electrons. The van der Waals surface area contributed by atoms with Gasteiger partial charge in [-0.3, -0.25) is 0 Å². The van der Waals surface area contributed by atoms with Crippen LogP contribution in [0.4, 0.5) is 16.2 Å². The van der Waals surface area contributed by atoms with Gasteiger partial charge in [0.1, 0.15) is 6.73 Å². The van der Waals surface area contributed by atoms with Gasteiger partial charge in [0.15, 0.2) is 0 Å². The number of aromatic nitrogens is 2. The summed E-state index contributed by atoms with van der Waals surface area (Å²) in [5, 5.41) is 7.16. The van der Waals surface area contributed by atoms with Gasteiger partial charge in [0.2, 0.25) is 0 Å². The molecule has 35 heavy (non-hydrogen) atoms. The Morgan fingerprint density at radius 1 is 1.14 bits per heavy atom. The van der Waals surface area contributed by atoms with Gasteiger partial charge in [-0.15, -0.1) is 0 Å². The molecule has 11 heteroatoms. The second-order valence-corrected chi connectivity index (χ2v) is 11.3. The van der Waals surface area contributed by atoms with E-state index in [1.807, 2.05) is 7.05 Å². The molecule has 2 amide bonds. The fourth-order valence-corrected chi connectivity index (χ4v) is 7.08. The van der Waals surface area contributed by atoms with E-state index in [0.717, 1.165) is 68.4 Å². The van der Waals surface area contributed by atoms with E-state index in [0.29, 0.717) is 18.5 Å². The van der Waals surface area contributed by atoms with E-state index in [9.17, 15) is 13.2 Å². The van der Waals surface area contributed by atoms with Gasteiger partial charge < -0.3 is 15.0 Å². The number of ether oxygens (including phenoxy) is 1. The lowest BCUT2D eigenvalue weighted by Crippen LogP contribution is -2.52. The molecule has 0 saturated carbocycles. The van der Waals surface area contributed by atoms with Crippen molar-refractivity contribution in [1.82, 2.24) is 19.4 Å². The zero-order valence-corrected chi connectivity index (χ0v) is 21.2. The van der Waals surface area contributed by atoms with Crippen molar-refractivity contribution in [2.45, 2.75) is 64.1 Å². The van der Waals surface area contributed by atoms with Gasteiger partial charge in [-0.1, -0.05) is 6.07 Å². The number of amides is 2. The van der Waals surface area contributed by atoms with Crippen LogP contribution >= 0.6 is 0 Å². The predicted molar refractivity (Wildman–Crippen MR) is 134 cm³/mol. The molecule has 0 bridgehead atoms. The molecule has 1 fully saturated rings. The van der Waals surface area contributed by atoms with Gasteiger partial charge in [-0.05, 0) is 93.8 Å². The number of carbonyl (C=O) groups excluding carboxylic acids is 1. The van der Waals surface area contributed by atoms with E-state index in [-0.39, 0.29) is 12.8 Å². The summed E-state index contributed by atoms with van der Waals surface area (Å²) < 4.78 is 37.5. The molecule has 1 aromatic heterocycles. The SMILES string of the molecule is COCn1cc(N(C2CCN(C)CC2)S(=O)(=O)NC(=O)Nc2c3c(cc4c2CCC4)CCC3)cn1. The first-order valence-corrected chi connectivity index (χ1v) is 13.8. The van der Waals surface area contributed by atoms with Crippen molar-refractivity contribution in [3.63, 3.8) is 0 Å². The molecule has 3 aliphatic rings. The topological polar surface area (TPSA) is 109 Å². The molecule has 5 rings (SSSR count). The number of likely N-dealkylation sites (tertiary alicyclic amines) is 1. The average molecular weight is 503 g/mol. The Kier molecular flexibility index (Phi) is 6.73. The molecule has 2 heterocycles. The number of aryl methyl sites for hydroxylation is 2. The summed E-state index contributed by atoms with van der Waals surface area (Å²) in [5.74, 6) is 0. The fraction of sp³-hybridized carbons (Fsp3) is 0.583. The van der Waals surface area contributed by atoms with Crippen molar-refractivity contribution in [3.8, 4) is 0 Å². The van der Waals surface area contributed by atoms with E-state index in [1.165, 1.54) is 26.3 Å². The van der Waals surface area contributed by atoms with Crippen molar-refractivity contribution in [2.75, 3.05) is 36.9 Å². The number of benzene rings is 1. The first-order chi connectivity index (χ1) is 16.9. The highest BCUT2D eigenvalue weighted by atomic mass is 32.2. The van der Waals surface area contributed by atoms with E-state index in [2.05, 4.69) is 26.1 Å². The zero-order valence-electron chi connectivity index (χ0n) is 20.4. The van der Waals surface area contributed by atoms with Crippen molar-refractivity contribution in [2.24, 2.45) is 0 Å². The van der Waals surface area contributed by atoms with Crippen molar-refractivity contribution in [3.05, 3.63) is 40.7 Å². The highest BCUT2D eigenvalue weighted by Gasteiger charge is 2.35. The van der Waals surface area contributed by atoms with Gasteiger partial charge in [0, 0.05) is 18.8 Å². The second-order valence-electron chi connectivity index (χ2n) is 9.78. The summed E-state index contributed by atoms with van der Waals surface area (Å²) in [7, 11) is -0.610. The van der Waals surface area contributed by atoms with Crippen LogP contribution in [0.15, 0.2) is 18.5 Å². The lowest BCUT2D eigenvalue weighted by Gasteiger charge is -2.36. The third kappa shape index (κ3) is 4.89. The summed E-state index contributed by atoms with van der Waals surface area (Å²) in [6.07, 6.45) is 10.4. The van der Waals surface area contributed by atoms with Crippen molar-refractivity contribution in [1.29, 1.82) is 0 Å². The van der Waals surface area contributed by atoms with E-state index in [4.69, 9.17) is 4.74 Å². The largest absolute Gasteiger partial charge is 0.362 e. The normalized spacial score (nSPS) is 18.3. The fourth-order valence-electron chi connectivity index (χ4n) is 5.72. The molecule has 2 aromatic rings. The molecule has 10 nitrogen and oxygen atoms in total. The first kappa shape index (κ1) is 24.1. The summed E-state index contributed by atoms with van der Waals surface area (Å²) in [6, 6.07) is 1.29. The number of nitrogens with zero attached hydrogens (tertiary/aromatic N) is 4. The minimum absolute atomic E-state index is 0.208. The van der Waals surface area contributed by atoms with Crippen molar-refractivity contribution < 1.29 is 17.9 Å². The van der Waals surface area contributed by atoms with Crippen LogP contribution in [-0.2, 0) is 47.4 Å². The van der Waals surface area contributed by atoms with E-state index >= 15 is 0 Å². The van der Waals surface area contributed by atoms with Crippen LogP contribution in [0.25, 0.3) is 0 Å². The van der Waals surface area contributed by atoms with Crippen LogP contribution in [0.2, 0.25) is 0 Å². The van der Waals surface area contributed by atoms with Crippen LogP contribution in [0.3, 0.4) is 0 Å². The Morgan fingerprint density at radius 2 is 1.80 bits per heavy atom. The Balaban J connectivity index is 1.40. The molecule has 2 N–H and O–H groups in total. The van der Waals surface area contributed by atoms with Gasteiger partial charge >= 0.3 is 16.2 Å². The zero-order chi connectivity index (χ0) is 24.6. The number of piperidine rings is 1. The van der Waals surface area contributed by atoms with E-state index < -0.39 is 16.2 Å². The minimum Gasteiger partial charge on any atom is -0.362 e. The maximum Gasteiger partial charge on any atom is 0.334 e. The molecule has 1 aromatic carbocycles. The predicted octanol–water partition coefficient (Wildman–Crippen LogP) is 2.43. The van der Waals surface area contributed by atoms with Gasteiger partial charge in [0.05, 0.1) is 18.1 Å². The number of methoxy groups -OCH3 is 1. The summed E-state index contributed by atoms with van der Waals surface area (Å²) in [6.45, 7) is 1.76. The number of carbonyl (C=O) groups is 1. The Hall–Kier alpha value is -2.63. The number of anilines is 2. The number of urea groups is 1. The van der Waals surface area contributed by atoms with Crippen LogP contribution in [0.5, 0.6) is 0 Å². The van der Waals surface area contributed by atoms with E-state index in [1.54, 1.807) is 13.3 Å².